The molecule has 1 fully saturated rings. The lowest BCUT2D eigenvalue weighted by Gasteiger charge is -2.39. The fraction of sp³-hybridized carbons (Fsp3) is 0.571. The zero-order valence-corrected chi connectivity index (χ0v) is 16.9. The standard InChI is InChI=1S/C21H30N2O4/c1-14-8-10-16(11-9-14)18(24)13-22-19(25)17-7-6-12-23(15(17)2)20(26)27-21(3,4)5/h8-11,15,17H,6-7,12-13H2,1-5H3,(H,22,25)/t15-,17-/m1/s1. The van der Waals surface area contributed by atoms with Gasteiger partial charge in [-0.3, -0.25) is 9.59 Å². The molecule has 0 saturated carbocycles. The van der Waals surface area contributed by atoms with Gasteiger partial charge in [-0.2, -0.15) is 0 Å². The van der Waals surface area contributed by atoms with Gasteiger partial charge in [0.05, 0.1) is 12.5 Å². The number of amides is 2. The van der Waals surface area contributed by atoms with Crippen molar-refractivity contribution in [3.05, 3.63) is 35.4 Å². The smallest absolute Gasteiger partial charge is 0.410 e. The number of carbonyl (C=O) groups excluding carboxylic acids is 3. The molecular weight excluding hydrogens is 344 g/mol. The van der Waals surface area contributed by atoms with Crippen LogP contribution in [0.5, 0.6) is 0 Å². The maximum Gasteiger partial charge on any atom is 0.410 e. The maximum atomic E-state index is 12.6. The molecule has 1 aliphatic heterocycles. The molecule has 6 nitrogen and oxygen atoms in total. The Morgan fingerprint density at radius 1 is 1.19 bits per heavy atom. The number of rotatable bonds is 4. The van der Waals surface area contributed by atoms with Crippen molar-refractivity contribution in [2.75, 3.05) is 13.1 Å². The number of nitrogens with one attached hydrogen (secondary N) is 1. The second kappa shape index (κ2) is 8.55. The van der Waals surface area contributed by atoms with Gasteiger partial charge in [-0.05, 0) is 47.5 Å². The average Bonchev–Trinajstić information content (AvgIpc) is 2.58. The molecule has 1 aliphatic rings. The van der Waals surface area contributed by atoms with Crippen LogP contribution in [-0.4, -0.2) is 47.4 Å². The first kappa shape index (κ1) is 20.9. The molecule has 0 bridgehead atoms. The van der Waals surface area contributed by atoms with Crippen LogP contribution in [0, 0.1) is 12.8 Å². The van der Waals surface area contributed by atoms with Crippen molar-refractivity contribution in [2.45, 2.75) is 59.1 Å². The summed E-state index contributed by atoms with van der Waals surface area (Å²) in [4.78, 5) is 38.9. The summed E-state index contributed by atoms with van der Waals surface area (Å²) < 4.78 is 5.44. The van der Waals surface area contributed by atoms with Gasteiger partial charge >= 0.3 is 6.09 Å². The van der Waals surface area contributed by atoms with E-state index < -0.39 is 11.7 Å². The van der Waals surface area contributed by atoms with Gasteiger partial charge in [0.2, 0.25) is 5.91 Å². The molecule has 0 spiro atoms. The average molecular weight is 374 g/mol. The number of ether oxygens (including phenoxy) is 1. The van der Waals surface area contributed by atoms with Gasteiger partial charge in [0, 0.05) is 18.2 Å². The van der Waals surface area contributed by atoms with E-state index in [9.17, 15) is 14.4 Å². The second-order valence-electron chi connectivity index (χ2n) is 8.17. The highest BCUT2D eigenvalue weighted by molar-refractivity contribution is 5.99. The molecule has 0 radical (unpaired) electrons. The van der Waals surface area contributed by atoms with E-state index in [1.165, 1.54) is 0 Å². The van der Waals surface area contributed by atoms with E-state index >= 15 is 0 Å². The minimum atomic E-state index is -0.577. The Morgan fingerprint density at radius 2 is 1.81 bits per heavy atom. The normalized spacial score (nSPS) is 20.1. The predicted molar refractivity (Wildman–Crippen MR) is 104 cm³/mol. The number of hydrogen-bond acceptors (Lipinski definition) is 4. The van der Waals surface area contributed by atoms with E-state index in [1.807, 2.05) is 46.8 Å². The van der Waals surface area contributed by atoms with Gasteiger partial charge in [0.15, 0.2) is 5.78 Å². The lowest BCUT2D eigenvalue weighted by Crippen LogP contribution is -2.53. The Hall–Kier alpha value is -2.37. The highest BCUT2D eigenvalue weighted by atomic mass is 16.6. The highest BCUT2D eigenvalue weighted by Crippen LogP contribution is 2.25. The van der Waals surface area contributed by atoms with Gasteiger partial charge in [-0.1, -0.05) is 29.8 Å². The molecule has 1 aromatic rings. The fourth-order valence-corrected chi connectivity index (χ4v) is 3.21. The van der Waals surface area contributed by atoms with E-state index in [0.717, 1.165) is 12.0 Å². The predicted octanol–water partition coefficient (Wildman–Crippen LogP) is 3.33. The number of nitrogens with zero attached hydrogens (tertiary/aromatic N) is 1. The van der Waals surface area contributed by atoms with Gasteiger partial charge in [-0.25, -0.2) is 4.79 Å². The second-order valence-corrected chi connectivity index (χ2v) is 8.17. The van der Waals surface area contributed by atoms with Crippen LogP contribution < -0.4 is 5.32 Å². The number of aryl methyl sites for hydroxylation is 1. The molecular formula is C21H30N2O4. The monoisotopic (exact) mass is 374 g/mol. The Kier molecular flexibility index (Phi) is 6.63. The summed E-state index contributed by atoms with van der Waals surface area (Å²) in [6, 6.07) is 6.99. The van der Waals surface area contributed by atoms with E-state index in [2.05, 4.69) is 5.32 Å². The minimum Gasteiger partial charge on any atom is -0.444 e. The quantitative estimate of drug-likeness (QED) is 0.820. The number of piperidine rings is 1. The van der Waals surface area contributed by atoms with Crippen LogP contribution in [0.1, 0.15) is 56.5 Å². The van der Waals surface area contributed by atoms with Gasteiger partial charge < -0.3 is 15.0 Å². The number of benzene rings is 1. The van der Waals surface area contributed by atoms with Crippen LogP contribution in [0.2, 0.25) is 0 Å². The summed E-state index contributed by atoms with van der Waals surface area (Å²) in [6.45, 7) is 9.80. The summed E-state index contributed by atoms with van der Waals surface area (Å²) in [7, 11) is 0. The Bertz CT molecular complexity index is 691. The first-order valence-corrected chi connectivity index (χ1v) is 9.45. The first-order chi connectivity index (χ1) is 12.6. The van der Waals surface area contributed by atoms with Crippen molar-refractivity contribution in [1.82, 2.24) is 10.2 Å². The van der Waals surface area contributed by atoms with Crippen LogP contribution >= 0.6 is 0 Å². The van der Waals surface area contributed by atoms with E-state index in [4.69, 9.17) is 4.74 Å². The molecule has 1 N–H and O–H groups in total. The largest absolute Gasteiger partial charge is 0.444 e. The summed E-state index contributed by atoms with van der Waals surface area (Å²) in [5.41, 5.74) is 1.08. The van der Waals surface area contributed by atoms with Crippen LogP contribution in [0.3, 0.4) is 0 Å². The van der Waals surface area contributed by atoms with Crippen LogP contribution in [-0.2, 0) is 9.53 Å². The third-order valence-electron chi connectivity index (χ3n) is 4.75. The van der Waals surface area contributed by atoms with Gasteiger partial charge in [0.25, 0.3) is 0 Å². The highest BCUT2D eigenvalue weighted by Gasteiger charge is 2.37. The van der Waals surface area contributed by atoms with Crippen LogP contribution in [0.25, 0.3) is 0 Å². The van der Waals surface area contributed by atoms with Crippen molar-refractivity contribution in [3.8, 4) is 0 Å². The van der Waals surface area contributed by atoms with E-state index in [-0.39, 0.29) is 30.2 Å². The van der Waals surface area contributed by atoms with Crippen molar-refractivity contribution >= 4 is 17.8 Å². The van der Waals surface area contributed by atoms with Gasteiger partial charge in [-0.15, -0.1) is 0 Å². The summed E-state index contributed by atoms with van der Waals surface area (Å²) in [5, 5.41) is 2.74. The molecule has 148 valence electrons. The first-order valence-electron chi connectivity index (χ1n) is 9.45. The third-order valence-corrected chi connectivity index (χ3v) is 4.75. The molecule has 0 unspecified atom stereocenters. The lowest BCUT2D eigenvalue weighted by atomic mass is 9.89. The molecule has 2 atom stereocenters. The third kappa shape index (κ3) is 5.81. The van der Waals surface area contributed by atoms with Crippen molar-refractivity contribution in [1.29, 1.82) is 0 Å². The summed E-state index contributed by atoms with van der Waals surface area (Å²) >= 11 is 0. The molecule has 1 heterocycles. The van der Waals surface area contributed by atoms with Gasteiger partial charge in [0.1, 0.15) is 5.60 Å². The zero-order chi connectivity index (χ0) is 20.2. The SMILES string of the molecule is Cc1ccc(C(=O)CNC(=O)[C@@H]2CCCN(C(=O)OC(C)(C)C)[C@@H]2C)cc1. The van der Waals surface area contributed by atoms with Crippen molar-refractivity contribution in [2.24, 2.45) is 5.92 Å². The molecule has 1 aromatic carbocycles. The molecule has 0 aliphatic carbocycles. The number of hydrogen-bond donors (Lipinski definition) is 1. The summed E-state index contributed by atoms with van der Waals surface area (Å²) in [6.07, 6.45) is 1.02. The Balaban J connectivity index is 1.94. The minimum absolute atomic E-state index is 0.0441. The van der Waals surface area contributed by atoms with Crippen molar-refractivity contribution in [3.63, 3.8) is 0 Å². The van der Waals surface area contributed by atoms with Crippen LogP contribution in [0.15, 0.2) is 24.3 Å². The molecule has 6 heteroatoms. The molecule has 0 aromatic heterocycles. The lowest BCUT2D eigenvalue weighted by molar-refractivity contribution is -0.128. The molecule has 2 rings (SSSR count). The number of ketones is 1. The molecule has 27 heavy (non-hydrogen) atoms. The fourth-order valence-electron chi connectivity index (χ4n) is 3.21. The summed E-state index contributed by atoms with van der Waals surface area (Å²) in [5.74, 6) is -0.677. The van der Waals surface area contributed by atoms with E-state index in [0.29, 0.717) is 18.5 Å². The molecule has 1 saturated heterocycles. The van der Waals surface area contributed by atoms with E-state index in [1.54, 1.807) is 17.0 Å². The zero-order valence-electron chi connectivity index (χ0n) is 16.9. The topological polar surface area (TPSA) is 75.7 Å². The van der Waals surface area contributed by atoms with Crippen molar-refractivity contribution < 1.29 is 19.1 Å². The number of Topliss-reactive ketones (excluding diaryl/α,β-unsaturated/α-hetero) is 1. The Labute approximate surface area is 161 Å². The number of likely N-dealkylation sites (tertiary alicyclic amines) is 1. The number of carbonyl (C=O) groups is 3. The molecule has 2 amide bonds. The Morgan fingerprint density at radius 3 is 2.41 bits per heavy atom. The maximum absolute atomic E-state index is 12.6. The van der Waals surface area contributed by atoms with Crippen LogP contribution in [0.4, 0.5) is 4.79 Å².